The fraction of sp³-hybridized carbons (Fsp3) is 0.0800. The first-order valence-electron chi connectivity index (χ1n) is 10.5. The van der Waals surface area contributed by atoms with Gasteiger partial charge in [-0.1, -0.05) is 30.3 Å². The number of amides is 1. The predicted octanol–water partition coefficient (Wildman–Crippen LogP) is 5.05. The number of nitrogens with one attached hydrogen (secondary N) is 1. The maximum absolute atomic E-state index is 12.6. The lowest BCUT2D eigenvalue weighted by atomic mass is 10.0. The lowest BCUT2D eigenvalue weighted by Crippen LogP contribution is -2.11. The van der Waals surface area contributed by atoms with Gasteiger partial charge >= 0.3 is 12.1 Å². The molecule has 0 aliphatic heterocycles. The van der Waals surface area contributed by atoms with E-state index in [-0.39, 0.29) is 12.2 Å². The number of ether oxygens (including phenoxy) is 1. The number of carbonyl (C=O) groups excluding carboxylic acids is 2. The Morgan fingerprint density at radius 2 is 1.83 bits per heavy atom. The highest BCUT2D eigenvalue weighted by atomic mass is 32.1. The number of carboxylic acid groups (broad SMARTS) is 1. The van der Waals surface area contributed by atoms with Crippen LogP contribution in [-0.4, -0.2) is 43.9 Å². The van der Waals surface area contributed by atoms with Gasteiger partial charge in [0, 0.05) is 34.3 Å². The molecule has 2 N–H and O–H groups in total. The second-order valence-electron chi connectivity index (χ2n) is 7.79. The predicted molar refractivity (Wildman–Crippen MR) is 132 cm³/mol. The van der Waals surface area contributed by atoms with Gasteiger partial charge in [0.05, 0.1) is 18.8 Å². The van der Waals surface area contributed by atoms with E-state index in [2.05, 4.69) is 18.8 Å². The van der Waals surface area contributed by atoms with E-state index in [0.717, 1.165) is 34.6 Å². The van der Waals surface area contributed by atoms with Crippen molar-refractivity contribution in [2.24, 2.45) is 0 Å². The number of aromatic nitrogens is 3. The van der Waals surface area contributed by atoms with E-state index < -0.39 is 12.1 Å². The second-order valence-corrected chi connectivity index (χ2v) is 8.32. The summed E-state index contributed by atoms with van der Waals surface area (Å²) in [5, 5.41) is 13.6. The van der Waals surface area contributed by atoms with Gasteiger partial charge in [-0.25, -0.2) is 9.59 Å². The molecule has 0 spiro atoms. The molecular formula is C25H18N4O5S. The number of anilines is 1. The molecule has 0 aliphatic rings. The van der Waals surface area contributed by atoms with Crippen molar-refractivity contribution in [3.8, 4) is 11.1 Å². The van der Waals surface area contributed by atoms with E-state index in [1.807, 2.05) is 18.2 Å². The van der Waals surface area contributed by atoms with Crippen LogP contribution in [-0.2, 0) is 11.3 Å². The molecule has 5 aromatic rings. The van der Waals surface area contributed by atoms with Crippen LogP contribution in [0.4, 0.5) is 10.5 Å². The van der Waals surface area contributed by atoms with Gasteiger partial charge in [-0.2, -0.15) is 8.75 Å². The Labute approximate surface area is 202 Å². The number of carbonyl (C=O) groups is 3. The van der Waals surface area contributed by atoms with Gasteiger partial charge in [-0.3, -0.25) is 10.1 Å². The summed E-state index contributed by atoms with van der Waals surface area (Å²) < 4.78 is 14.9. The molecule has 10 heteroatoms. The average molecular weight is 487 g/mol. The van der Waals surface area contributed by atoms with Crippen LogP contribution >= 0.6 is 11.7 Å². The summed E-state index contributed by atoms with van der Waals surface area (Å²) in [6.07, 6.45) is 0.0943. The molecular weight excluding hydrogens is 468 g/mol. The second kappa shape index (κ2) is 8.99. The van der Waals surface area contributed by atoms with E-state index in [9.17, 15) is 19.5 Å². The van der Waals surface area contributed by atoms with E-state index in [1.165, 1.54) is 7.11 Å². The van der Waals surface area contributed by atoms with Crippen LogP contribution < -0.4 is 5.32 Å². The number of carboxylic acids is 1. The summed E-state index contributed by atoms with van der Waals surface area (Å²) in [5.41, 5.74) is 5.20. The monoisotopic (exact) mass is 486 g/mol. The van der Waals surface area contributed by atoms with Crippen molar-refractivity contribution in [3.05, 3.63) is 77.5 Å². The maximum Gasteiger partial charge on any atom is 0.411 e. The van der Waals surface area contributed by atoms with Gasteiger partial charge in [-0.05, 0) is 41.5 Å². The first-order valence-corrected chi connectivity index (χ1v) is 11.2. The third-order valence-electron chi connectivity index (χ3n) is 5.69. The van der Waals surface area contributed by atoms with Crippen molar-refractivity contribution in [3.63, 3.8) is 0 Å². The Kier molecular flexibility index (Phi) is 5.71. The molecule has 174 valence electrons. The smallest absolute Gasteiger partial charge is 0.411 e. The molecule has 35 heavy (non-hydrogen) atoms. The number of methoxy groups -OCH3 is 1. The number of benzene rings is 3. The van der Waals surface area contributed by atoms with Crippen molar-refractivity contribution in [1.29, 1.82) is 0 Å². The van der Waals surface area contributed by atoms with Gasteiger partial charge in [-0.15, -0.1) is 0 Å². The minimum Gasteiger partial charge on any atom is -0.477 e. The lowest BCUT2D eigenvalue weighted by molar-refractivity contribution is 0.0687. The molecule has 3 aromatic carbocycles. The molecule has 0 fully saturated rings. The van der Waals surface area contributed by atoms with Crippen molar-refractivity contribution in [2.75, 3.05) is 12.4 Å². The van der Waals surface area contributed by atoms with Gasteiger partial charge < -0.3 is 14.4 Å². The molecule has 9 nitrogen and oxygen atoms in total. The molecule has 0 bridgehead atoms. The Morgan fingerprint density at radius 1 is 1.06 bits per heavy atom. The normalized spacial score (nSPS) is 11.0. The van der Waals surface area contributed by atoms with Gasteiger partial charge in [0.25, 0.3) is 0 Å². The standard InChI is InChI=1S/C25H18N4O5S/c1-34-25(33)26-17-7-9-21-18(11-17)22(16-5-2-14(13-30)3-6-16)23(24(31)32)29(21)12-15-4-8-19-20(10-15)28-35-27-19/h2-11,13H,12H2,1H3,(H,26,33)(H,31,32). The van der Waals surface area contributed by atoms with Crippen LogP contribution in [0.25, 0.3) is 33.1 Å². The quantitative estimate of drug-likeness (QED) is 0.322. The molecule has 2 aromatic heterocycles. The summed E-state index contributed by atoms with van der Waals surface area (Å²) in [4.78, 5) is 35.5. The fourth-order valence-electron chi connectivity index (χ4n) is 4.12. The molecule has 5 rings (SSSR count). The molecule has 0 atom stereocenters. The van der Waals surface area contributed by atoms with E-state index >= 15 is 0 Å². The molecule has 0 radical (unpaired) electrons. The molecule has 0 unspecified atom stereocenters. The summed E-state index contributed by atoms with van der Waals surface area (Å²) in [7, 11) is 1.27. The van der Waals surface area contributed by atoms with Crippen LogP contribution in [0.3, 0.4) is 0 Å². The third kappa shape index (κ3) is 4.11. The van der Waals surface area contributed by atoms with Gasteiger partial charge in [0.1, 0.15) is 23.0 Å². The maximum atomic E-state index is 12.6. The molecule has 2 heterocycles. The van der Waals surface area contributed by atoms with Crippen LogP contribution in [0.2, 0.25) is 0 Å². The van der Waals surface area contributed by atoms with Crippen LogP contribution in [0, 0.1) is 0 Å². The number of aldehydes is 1. The van der Waals surface area contributed by atoms with Crippen molar-refractivity contribution >= 4 is 57.7 Å². The van der Waals surface area contributed by atoms with Gasteiger partial charge in [0.15, 0.2) is 0 Å². The summed E-state index contributed by atoms with van der Waals surface area (Å²) in [5.74, 6) is -1.10. The largest absolute Gasteiger partial charge is 0.477 e. The molecule has 0 aliphatic carbocycles. The van der Waals surface area contributed by atoms with E-state index in [1.54, 1.807) is 47.0 Å². The van der Waals surface area contributed by atoms with Crippen molar-refractivity contribution in [2.45, 2.75) is 6.54 Å². The Bertz CT molecular complexity index is 1600. The Balaban J connectivity index is 1.74. The van der Waals surface area contributed by atoms with Crippen LogP contribution in [0.15, 0.2) is 60.7 Å². The average Bonchev–Trinajstić information content (AvgIpc) is 3.46. The number of fused-ring (bicyclic) bond motifs is 2. The van der Waals surface area contributed by atoms with Crippen LogP contribution in [0.5, 0.6) is 0 Å². The first kappa shape index (κ1) is 22.2. The Hall–Kier alpha value is -4.57. The highest BCUT2D eigenvalue weighted by Gasteiger charge is 2.24. The third-order valence-corrected chi connectivity index (χ3v) is 6.25. The zero-order valence-corrected chi connectivity index (χ0v) is 19.2. The zero-order chi connectivity index (χ0) is 24.5. The molecule has 0 saturated heterocycles. The number of rotatable bonds is 6. The van der Waals surface area contributed by atoms with Crippen molar-refractivity contribution in [1.82, 2.24) is 13.3 Å². The van der Waals surface area contributed by atoms with Gasteiger partial charge in [0.2, 0.25) is 0 Å². The highest BCUT2D eigenvalue weighted by Crippen LogP contribution is 2.37. The molecule has 1 amide bonds. The Morgan fingerprint density at radius 3 is 2.54 bits per heavy atom. The number of hydrogen-bond donors (Lipinski definition) is 2. The highest BCUT2D eigenvalue weighted by molar-refractivity contribution is 7.00. The van der Waals surface area contributed by atoms with Crippen LogP contribution in [0.1, 0.15) is 26.4 Å². The fourth-order valence-corrected chi connectivity index (χ4v) is 4.63. The summed E-state index contributed by atoms with van der Waals surface area (Å²) in [6, 6.07) is 17.5. The molecule has 0 saturated carbocycles. The number of hydrogen-bond acceptors (Lipinski definition) is 7. The number of aromatic carboxylic acids is 1. The summed E-state index contributed by atoms with van der Waals surface area (Å²) >= 11 is 1.12. The minimum absolute atomic E-state index is 0.0885. The number of nitrogens with zero attached hydrogens (tertiary/aromatic N) is 3. The minimum atomic E-state index is -1.10. The topological polar surface area (TPSA) is 123 Å². The lowest BCUT2D eigenvalue weighted by Gasteiger charge is -2.10. The van der Waals surface area contributed by atoms with E-state index in [0.29, 0.717) is 33.3 Å². The summed E-state index contributed by atoms with van der Waals surface area (Å²) in [6.45, 7) is 0.280. The first-order chi connectivity index (χ1) is 17.0. The zero-order valence-electron chi connectivity index (χ0n) is 18.4. The SMILES string of the molecule is COC(=O)Nc1ccc2c(c1)c(-c1ccc(C=O)cc1)c(C(=O)O)n2Cc1ccc2nsnc2c1. The van der Waals surface area contributed by atoms with E-state index in [4.69, 9.17) is 0 Å². The van der Waals surface area contributed by atoms with Crippen molar-refractivity contribution < 1.29 is 24.2 Å².